The molecule has 0 aromatic heterocycles. The average Bonchev–Trinajstić information content (AvgIpc) is 2.48. The van der Waals surface area contributed by atoms with Gasteiger partial charge in [-0.15, -0.1) is 0 Å². The number of hydrogen-bond acceptors (Lipinski definition) is 3. The molecule has 0 amide bonds. The summed E-state index contributed by atoms with van der Waals surface area (Å²) in [4.78, 5) is 0. The van der Waals surface area contributed by atoms with Crippen molar-refractivity contribution in [2.75, 3.05) is 13.2 Å². The van der Waals surface area contributed by atoms with Gasteiger partial charge in [-0.05, 0) is 31.4 Å². The van der Waals surface area contributed by atoms with Crippen LogP contribution in [-0.4, -0.2) is 28.4 Å². The van der Waals surface area contributed by atoms with Crippen molar-refractivity contribution >= 4 is 15.8 Å². The van der Waals surface area contributed by atoms with Crippen LogP contribution in [0.3, 0.4) is 0 Å². The van der Waals surface area contributed by atoms with Gasteiger partial charge in [0.1, 0.15) is 0 Å². The standard InChI is InChI=1S/C16H26O3Si/c1-5-14-11-9-10-12-15(14)13-19-20-16(6-2,17-7-3)18-8-4/h5,9-12H,1,6-8,13,20H2,2-4H3. The normalized spacial score (nSPS) is 12.2. The van der Waals surface area contributed by atoms with E-state index < -0.39 is 15.2 Å². The van der Waals surface area contributed by atoms with Crippen LogP contribution in [0.4, 0.5) is 0 Å². The molecule has 112 valence electrons. The van der Waals surface area contributed by atoms with Crippen LogP contribution < -0.4 is 0 Å². The second-order valence-electron chi connectivity index (χ2n) is 4.53. The first-order chi connectivity index (χ1) is 9.71. The molecule has 3 nitrogen and oxygen atoms in total. The summed E-state index contributed by atoms with van der Waals surface area (Å²) in [6, 6.07) is 8.14. The Morgan fingerprint density at radius 3 is 2.35 bits per heavy atom. The van der Waals surface area contributed by atoms with E-state index in [1.54, 1.807) is 0 Å². The third kappa shape index (κ3) is 4.87. The fraction of sp³-hybridized carbons (Fsp3) is 0.500. The van der Waals surface area contributed by atoms with Crippen molar-refractivity contribution in [3.8, 4) is 0 Å². The molecule has 0 aliphatic carbocycles. The highest BCUT2D eigenvalue weighted by molar-refractivity contribution is 6.31. The van der Waals surface area contributed by atoms with Crippen LogP contribution in [-0.2, 0) is 20.5 Å². The van der Waals surface area contributed by atoms with Crippen LogP contribution in [0.5, 0.6) is 0 Å². The fourth-order valence-electron chi connectivity index (χ4n) is 2.14. The van der Waals surface area contributed by atoms with Crippen LogP contribution in [0.2, 0.25) is 0 Å². The van der Waals surface area contributed by atoms with Gasteiger partial charge in [0.2, 0.25) is 9.76 Å². The summed E-state index contributed by atoms with van der Waals surface area (Å²) >= 11 is 0. The van der Waals surface area contributed by atoms with Gasteiger partial charge in [-0.1, -0.05) is 43.8 Å². The van der Waals surface area contributed by atoms with Gasteiger partial charge in [0.15, 0.2) is 5.41 Å². The quantitative estimate of drug-likeness (QED) is 0.490. The lowest BCUT2D eigenvalue weighted by Gasteiger charge is -2.31. The highest BCUT2D eigenvalue weighted by Gasteiger charge is 2.30. The van der Waals surface area contributed by atoms with Crippen molar-refractivity contribution in [2.45, 2.75) is 39.2 Å². The Balaban J connectivity index is 2.61. The van der Waals surface area contributed by atoms with Gasteiger partial charge in [0.25, 0.3) is 0 Å². The Kier molecular flexibility index (Phi) is 7.77. The molecule has 0 saturated carbocycles. The molecule has 0 N–H and O–H groups in total. The molecular formula is C16H26O3Si. The largest absolute Gasteiger partial charge is 0.414 e. The molecule has 1 aromatic carbocycles. The van der Waals surface area contributed by atoms with Crippen molar-refractivity contribution in [3.63, 3.8) is 0 Å². The third-order valence-electron chi connectivity index (χ3n) is 3.21. The lowest BCUT2D eigenvalue weighted by molar-refractivity contribution is -0.183. The van der Waals surface area contributed by atoms with Gasteiger partial charge >= 0.3 is 0 Å². The van der Waals surface area contributed by atoms with Gasteiger partial charge in [0.05, 0.1) is 6.61 Å². The second-order valence-corrected chi connectivity index (χ2v) is 6.30. The first-order valence-corrected chi connectivity index (χ1v) is 8.55. The maximum atomic E-state index is 5.96. The topological polar surface area (TPSA) is 27.7 Å². The molecule has 20 heavy (non-hydrogen) atoms. The average molecular weight is 294 g/mol. The van der Waals surface area contributed by atoms with Crippen molar-refractivity contribution < 1.29 is 13.9 Å². The Labute approximate surface area is 124 Å². The molecule has 0 unspecified atom stereocenters. The summed E-state index contributed by atoms with van der Waals surface area (Å²) in [5.74, 6) is 0. The minimum atomic E-state index is -0.950. The summed E-state index contributed by atoms with van der Waals surface area (Å²) in [7, 11) is -0.950. The van der Waals surface area contributed by atoms with E-state index in [0.29, 0.717) is 19.8 Å². The second kappa shape index (κ2) is 9.08. The molecule has 0 saturated heterocycles. The number of rotatable bonds is 10. The van der Waals surface area contributed by atoms with Gasteiger partial charge in [-0.25, -0.2) is 0 Å². The molecule has 0 atom stereocenters. The molecule has 0 radical (unpaired) electrons. The third-order valence-corrected chi connectivity index (χ3v) is 4.96. The summed E-state index contributed by atoms with van der Waals surface area (Å²) in [6.45, 7) is 11.8. The zero-order valence-corrected chi connectivity index (χ0v) is 14.3. The van der Waals surface area contributed by atoms with E-state index >= 15 is 0 Å². The summed E-state index contributed by atoms with van der Waals surface area (Å²) in [5, 5.41) is 0. The summed E-state index contributed by atoms with van der Waals surface area (Å²) in [5.41, 5.74) is 1.79. The van der Waals surface area contributed by atoms with Crippen LogP contribution >= 0.6 is 0 Å². The van der Waals surface area contributed by atoms with Gasteiger partial charge in [-0.3, -0.25) is 0 Å². The first kappa shape index (κ1) is 17.1. The van der Waals surface area contributed by atoms with E-state index in [4.69, 9.17) is 13.9 Å². The SMILES string of the molecule is C=Cc1ccccc1CO[SiH2]C(CC)(OCC)OCC. The van der Waals surface area contributed by atoms with E-state index in [-0.39, 0.29) is 0 Å². The van der Waals surface area contributed by atoms with E-state index in [1.807, 2.05) is 38.1 Å². The van der Waals surface area contributed by atoms with E-state index in [1.165, 1.54) is 0 Å². The molecule has 1 rings (SSSR count). The maximum Gasteiger partial charge on any atom is 0.228 e. The predicted octanol–water partition coefficient (Wildman–Crippen LogP) is 3.07. The maximum absolute atomic E-state index is 5.96. The molecule has 4 heteroatoms. The Morgan fingerprint density at radius 1 is 1.15 bits per heavy atom. The zero-order chi connectivity index (χ0) is 14.8. The summed E-state index contributed by atoms with van der Waals surface area (Å²) < 4.78 is 17.6. The number of hydrogen-bond donors (Lipinski definition) is 0. The van der Waals surface area contributed by atoms with E-state index in [9.17, 15) is 0 Å². The van der Waals surface area contributed by atoms with Crippen LogP contribution in [0.25, 0.3) is 6.08 Å². The molecule has 0 aliphatic rings. The van der Waals surface area contributed by atoms with Crippen LogP contribution in [0.15, 0.2) is 30.8 Å². The highest BCUT2D eigenvalue weighted by Crippen LogP contribution is 2.18. The highest BCUT2D eigenvalue weighted by atomic mass is 28.2. The molecule has 0 bridgehead atoms. The molecule has 0 spiro atoms. The zero-order valence-electron chi connectivity index (χ0n) is 12.9. The van der Waals surface area contributed by atoms with Crippen LogP contribution in [0, 0.1) is 0 Å². The van der Waals surface area contributed by atoms with Crippen molar-refractivity contribution in [2.24, 2.45) is 0 Å². The Morgan fingerprint density at radius 2 is 1.80 bits per heavy atom. The number of benzene rings is 1. The molecule has 1 aromatic rings. The lowest BCUT2D eigenvalue weighted by Crippen LogP contribution is -2.43. The smallest absolute Gasteiger partial charge is 0.228 e. The minimum Gasteiger partial charge on any atom is -0.414 e. The van der Waals surface area contributed by atoms with E-state index in [0.717, 1.165) is 17.5 Å². The van der Waals surface area contributed by atoms with Crippen molar-refractivity contribution in [1.82, 2.24) is 0 Å². The molecular weight excluding hydrogens is 268 g/mol. The Bertz CT molecular complexity index is 400. The monoisotopic (exact) mass is 294 g/mol. The lowest BCUT2D eigenvalue weighted by atomic mass is 10.1. The fourth-order valence-corrected chi connectivity index (χ4v) is 3.55. The first-order valence-electron chi connectivity index (χ1n) is 7.27. The molecule has 0 aliphatic heterocycles. The number of ether oxygens (including phenoxy) is 2. The van der Waals surface area contributed by atoms with Crippen molar-refractivity contribution in [1.29, 1.82) is 0 Å². The van der Waals surface area contributed by atoms with Gasteiger partial charge in [-0.2, -0.15) is 0 Å². The predicted molar refractivity (Wildman–Crippen MR) is 86.1 cm³/mol. The molecule has 0 fully saturated rings. The van der Waals surface area contributed by atoms with Gasteiger partial charge < -0.3 is 13.9 Å². The molecule has 0 heterocycles. The van der Waals surface area contributed by atoms with Gasteiger partial charge in [0, 0.05) is 13.2 Å². The summed E-state index contributed by atoms with van der Waals surface area (Å²) in [6.07, 6.45) is 2.68. The van der Waals surface area contributed by atoms with E-state index in [2.05, 4.69) is 19.6 Å². The Hall–Kier alpha value is -0.943. The minimum absolute atomic E-state index is 0.493. The van der Waals surface area contributed by atoms with Crippen molar-refractivity contribution in [3.05, 3.63) is 42.0 Å². The van der Waals surface area contributed by atoms with Crippen LogP contribution in [0.1, 0.15) is 38.3 Å².